The average molecular weight is 202 g/mol. The lowest BCUT2D eigenvalue weighted by molar-refractivity contribution is -0.192. The Morgan fingerprint density at radius 3 is 1.15 bits per heavy atom. The molecule has 0 bridgehead atoms. The molecular weight excluding hydrogens is 197 g/mol. The average Bonchev–Trinajstić information content (AvgIpc) is 1.86. The van der Waals surface area contributed by atoms with Crippen LogP contribution in [0.25, 0.3) is 0 Å². The van der Waals surface area contributed by atoms with E-state index < -0.39 is 24.0 Å². The summed E-state index contributed by atoms with van der Waals surface area (Å²) in [7, 11) is 0. The van der Waals surface area contributed by atoms with E-state index in [0.717, 1.165) is 0 Å². The van der Waals surface area contributed by atoms with Gasteiger partial charge in [0.25, 0.3) is 0 Å². The van der Waals surface area contributed by atoms with Crippen molar-refractivity contribution in [1.29, 1.82) is 0 Å². The van der Waals surface area contributed by atoms with Gasteiger partial charge in [-0.3, -0.25) is 9.59 Å². The first-order chi connectivity index (χ1) is 5.59. The summed E-state index contributed by atoms with van der Waals surface area (Å²) in [5.74, 6) is -4.96. The van der Waals surface area contributed by atoms with Crippen molar-refractivity contribution in [3.63, 3.8) is 0 Å². The number of carboxylic acid groups (broad SMARTS) is 1. The van der Waals surface area contributed by atoms with Gasteiger partial charge in [0, 0.05) is 0 Å². The van der Waals surface area contributed by atoms with Crippen LogP contribution < -0.4 is 11.5 Å². The third-order valence-electron chi connectivity index (χ3n) is 0.485. The number of amides is 2. The van der Waals surface area contributed by atoms with Gasteiger partial charge in [-0.15, -0.1) is 0 Å². The van der Waals surface area contributed by atoms with Crippen molar-refractivity contribution in [1.82, 2.24) is 0 Å². The van der Waals surface area contributed by atoms with Gasteiger partial charge in [-0.05, 0) is 0 Å². The van der Waals surface area contributed by atoms with E-state index in [9.17, 15) is 22.8 Å². The van der Waals surface area contributed by atoms with E-state index in [1.54, 1.807) is 0 Å². The van der Waals surface area contributed by atoms with Crippen molar-refractivity contribution >= 4 is 17.8 Å². The van der Waals surface area contributed by atoms with E-state index in [1.807, 2.05) is 0 Å². The molecule has 0 radical (unpaired) electrons. The van der Waals surface area contributed by atoms with E-state index >= 15 is 0 Å². The second-order valence-electron chi connectivity index (χ2n) is 1.53. The van der Waals surface area contributed by atoms with Crippen LogP contribution in [0.1, 0.15) is 0 Å². The van der Waals surface area contributed by atoms with Gasteiger partial charge in [-0.1, -0.05) is 0 Å². The van der Waals surface area contributed by atoms with Gasteiger partial charge in [0.1, 0.15) is 0 Å². The van der Waals surface area contributed by atoms with Crippen LogP contribution in [0.3, 0.4) is 0 Å². The van der Waals surface area contributed by atoms with Crippen molar-refractivity contribution in [2.75, 3.05) is 0 Å². The Morgan fingerprint density at radius 2 is 1.15 bits per heavy atom. The highest BCUT2D eigenvalue weighted by Gasteiger charge is 2.38. The summed E-state index contributed by atoms with van der Waals surface area (Å²) >= 11 is 0. The predicted molar refractivity (Wildman–Crippen MR) is 32.1 cm³/mol. The van der Waals surface area contributed by atoms with Crippen molar-refractivity contribution < 1.29 is 32.7 Å². The normalized spacial score (nSPS) is 9.46. The van der Waals surface area contributed by atoms with Crippen molar-refractivity contribution in [2.24, 2.45) is 11.5 Å². The maximum atomic E-state index is 10.6. The molecular formula is C4H5F3N2O4. The van der Waals surface area contributed by atoms with Crippen LogP contribution in [0, 0.1) is 0 Å². The molecule has 0 rings (SSSR count). The van der Waals surface area contributed by atoms with E-state index in [1.165, 1.54) is 0 Å². The van der Waals surface area contributed by atoms with Crippen molar-refractivity contribution in [3.05, 3.63) is 0 Å². The highest BCUT2D eigenvalue weighted by molar-refractivity contribution is 6.33. The van der Waals surface area contributed by atoms with Crippen molar-refractivity contribution in [3.8, 4) is 0 Å². The van der Waals surface area contributed by atoms with Crippen LogP contribution in [0.15, 0.2) is 0 Å². The third kappa shape index (κ3) is 10.2. The molecule has 0 heterocycles. The van der Waals surface area contributed by atoms with Crippen LogP contribution in [0.5, 0.6) is 0 Å². The van der Waals surface area contributed by atoms with E-state index in [0.29, 0.717) is 0 Å². The molecule has 0 spiro atoms. The molecule has 13 heavy (non-hydrogen) atoms. The van der Waals surface area contributed by atoms with Crippen LogP contribution in [0.2, 0.25) is 0 Å². The summed E-state index contributed by atoms with van der Waals surface area (Å²) < 4.78 is 31.7. The quantitative estimate of drug-likeness (QED) is 0.417. The summed E-state index contributed by atoms with van der Waals surface area (Å²) in [5, 5.41) is 7.12. The number of aliphatic carboxylic acids is 1. The molecule has 5 N–H and O–H groups in total. The first-order valence-electron chi connectivity index (χ1n) is 2.48. The fourth-order valence-electron chi connectivity index (χ4n) is 0. The Hall–Kier alpha value is -1.80. The lowest BCUT2D eigenvalue weighted by Gasteiger charge is -1.93. The number of primary amides is 2. The standard InChI is InChI=1S/C2HF3O2.C2H4N2O2/c3-2(4,5)1(6)7;3-1(5)2(4)6/h(H,6,7);(H2,3,5)(H2,4,6). The lowest BCUT2D eigenvalue weighted by atomic mass is 10.6. The summed E-state index contributed by atoms with van der Waals surface area (Å²) in [6.07, 6.45) is -5.08. The minimum atomic E-state index is -5.08. The summed E-state index contributed by atoms with van der Waals surface area (Å²) in [4.78, 5) is 27.8. The maximum absolute atomic E-state index is 10.6. The second kappa shape index (κ2) is 4.95. The van der Waals surface area contributed by atoms with E-state index in [2.05, 4.69) is 11.5 Å². The highest BCUT2D eigenvalue weighted by Crippen LogP contribution is 2.13. The second-order valence-corrected chi connectivity index (χ2v) is 1.53. The van der Waals surface area contributed by atoms with Crippen molar-refractivity contribution in [2.45, 2.75) is 6.18 Å². The largest absolute Gasteiger partial charge is 0.490 e. The van der Waals surface area contributed by atoms with Gasteiger partial charge in [0.2, 0.25) is 0 Å². The highest BCUT2D eigenvalue weighted by atomic mass is 19.4. The number of hydrogen-bond donors (Lipinski definition) is 3. The van der Waals surface area contributed by atoms with Crippen LogP contribution >= 0.6 is 0 Å². The summed E-state index contributed by atoms with van der Waals surface area (Å²) in [6, 6.07) is 0. The third-order valence-corrected chi connectivity index (χ3v) is 0.485. The molecule has 0 saturated carbocycles. The molecule has 0 unspecified atom stereocenters. The SMILES string of the molecule is NC(=O)C(N)=O.O=C(O)C(F)(F)F. The molecule has 6 nitrogen and oxygen atoms in total. The number of halogens is 3. The number of nitrogens with two attached hydrogens (primary N) is 2. The monoisotopic (exact) mass is 202 g/mol. The number of rotatable bonds is 0. The molecule has 0 saturated heterocycles. The number of carbonyl (C=O) groups excluding carboxylic acids is 2. The molecule has 2 amide bonds. The molecule has 0 aliphatic rings. The minimum Gasteiger partial charge on any atom is -0.475 e. The van der Waals surface area contributed by atoms with Gasteiger partial charge >= 0.3 is 24.0 Å². The topological polar surface area (TPSA) is 123 Å². The first-order valence-corrected chi connectivity index (χ1v) is 2.48. The molecule has 0 aromatic carbocycles. The van der Waals surface area contributed by atoms with Gasteiger partial charge < -0.3 is 16.6 Å². The molecule has 76 valence electrons. The fourth-order valence-corrected chi connectivity index (χ4v) is 0. The number of carboxylic acids is 1. The van der Waals surface area contributed by atoms with Gasteiger partial charge in [-0.2, -0.15) is 13.2 Å². The molecule has 0 fully saturated rings. The smallest absolute Gasteiger partial charge is 0.475 e. The van der Waals surface area contributed by atoms with Crippen LogP contribution in [0.4, 0.5) is 13.2 Å². The van der Waals surface area contributed by atoms with Gasteiger partial charge in [-0.25, -0.2) is 4.79 Å². The van der Waals surface area contributed by atoms with Crippen LogP contribution in [-0.4, -0.2) is 29.1 Å². The molecule has 0 aliphatic heterocycles. The Bertz CT molecular complexity index is 212. The molecule has 0 atom stereocenters. The Morgan fingerprint density at radius 1 is 1.00 bits per heavy atom. The first kappa shape index (κ1) is 13.8. The van der Waals surface area contributed by atoms with E-state index in [4.69, 9.17) is 9.90 Å². The molecule has 0 aromatic rings. The van der Waals surface area contributed by atoms with Crippen LogP contribution in [-0.2, 0) is 14.4 Å². The lowest BCUT2D eigenvalue weighted by Crippen LogP contribution is -2.29. The minimum absolute atomic E-state index is 1.10. The zero-order valence-electron chi connectivity index (χ0n) is 5.96. The summed E-state index contributed by atoms with van der Waals surface area (Å²) in [5.41, 5.74) is 8.64. The Labute approximate surface area is 69.3 Å². The molecule has 9 heteroatoms. The number of carbonyl (C=O) groups is 3. The maximum Gasteiger partial charge on any atom is 0.490 e. The molecule has 0 aromatic heterocycles. The van der Waals surface area contributed by atoms with Gasteiger partial charge in [0.15, 0.2) is 0 Å². The number of hydrogen-bond acceptors (Lipinski definition) is 3. The van der Waals surface area contributed by atoms with E-state index in [-0.39, 0.29) is 0 Å². The predicted octanol–water partition coefficient (Wildman–Crippen LogP) is -1.41. The zero-order chi connectivity index (χ0) is 11.2. The Balaban J connectivity index is 0. The zero-order valence-corrected chi connectivity index (χ0v) is 5.96. The molecule has 0 aliphatic carbocycles. The Kier molecular flexibility index (Phi) is 5.25. The van der Waals surface area contributed by atoms with Gasteiger partial charge in [0.05, 0.1) is 0 Å². The number of alkyl halides is 3. The fraction of sp³-hybridized carbons (Fsp3) is 0.250. The summed E-state index contributed by atoms with van der Waals surface area (Å²) in [6.45, 7) is 0.